The highest BCUT2D eigenvalue weighted by molar-refractivity contribution is 5.24. The van der Waals surface area contributed by atoms with Crippen molar-refractivity contribution in [1.29, 1.82) is 0 Å². The first-order valence-electron chi connectivity index (χ1n) is 5.96. The van der Waals surface area contributed by atoms with Gasteiger partial charge in [-0.15, -0.1) is 0 Å². The van der Waals surface area contributed by atoms with Crippen molar-refractivity contribution in [1.82, 2.24) is 9.80 Å². The summed E-state index contributed by atoms with van der Waals surface area (Å²) in [5.74, 6) is 0. The second-order valence-electron chi connectivity index (χ2n) is 4.47. The van der Waals surface area contributed by atoms with Gasteiger partial charge in [0.15, 0.2) is 0 Å². The zero-order valence-electron chi connectivity index (χ0n) is 9.95. The van der Waals surface area contributed by atoms with Crippen molar-refractivity contribution in [3.05, 3.63) is 72.2 Å². The minimum Gasteiger partial charge on any atom is -0.346 e. The average molecular weight is 224 g/mol. The highest BCUT2D eigenvalue weighted by Crippen LogP contribution is 2.27. The molecule has 0 saturated heterocycles. The summed E-state index contributed by atoms with van der Waals surface area (Å²) < 4.78 is 0. The largest absolute Gasteiger partial charge is 0.346 e. The maximum atomic E-state index is 2.41. The van der Waals surface area contributed by atoms with E-state index in [0.29, 0.717) is 6.17 Å². The van der Waals surface area contributed by atoms with Crippen LogP contribution >= 0.6 is 0 Å². The molecule has 1 atom stereocenters. The zero-order chi connectivity index (χ0) is 11.7. The van der Waals surface area contributed by atoms with Crippen molar-refractivity contribution in [2.24, 2.45) is 0 Å². The molecule has 2 nitrogen and oxygen atoms in total. The third-order valence-electron chi connectivity index (χ3n) is 3.26. The maximum Gasteiger partial charge on any atom is 0.125 e. The molecule has 0 N–H and O–H groups in total. The van der Waals surface area contributed by atoms with E-state index in [0.717, 1.165) is 6.54 Å². The fraction of sp³-hybridized carbons (Fsp3) is 0.200. The predicted octanol–water partition coefficient (Wildman–Crippen LogP) is 3.08. The smallest absolute Gasteiger partial charge is 0.125 e. The molecule has 1 aromatic carbocycles. The monoisotopic (exact) mass is 224 g/mol. The van der Waals surface area contributed by atoms with E-state index in [1.807, 2.05) is 0 Å². The standard InChI is InChI=1S/C15H16N2/c1-13-11-16-10-6-5-9-15(16)17(13)12-14-7-3-2-4-8-14/h2-11,15H,12H2,1H3. The highest BCUT2D eigenvalue weighted by atomic mass is 15.4. The number of nitrogens with zero attached hydrogens (tertiary/aromatic N) is 2. The van der Waals surface area contributed by atoms with Gasteiger partial charge >= 0.3 is 0 Å². The van der Waals surface area contributed by atoms with Gasteiger partial charge in [-0.3, -0.25) is 0 Å². The minimum absolute atomic E-state index is 0.347. The van der Waals surface area contributed by atoms with Crippen molar-refractivity contribution in [2.45, 2.75) is 19.6 Å². The van der Waals surface area contributed by atoms with Gasteiger partial charge in [0.1, 0.15) is 6.17 Å². The normalized spacial score (nSPS) is 21.7. The first-order valence-corrected chi connectivity index (χ1v) is 5.96. The van der Waals surface area contributed by atoms with Crippen LogP contribution in [0.2, 0.25) is 0 Å². The fourth-order valence-corrected chi connectivity index (χ4v) is 2.38. The number of hydrogen-bond donors (Lipinski definition) is 0. The lowest BCUT2D eigenvalue weighted by atomic mass is 10.2. The van der Waals surface area contributed by atoms with Crippen molar-refractivity contribution in [2.75, 3.05) is 0 Å². The summed E-state index contributed by atoms with van der Waals surface area (Å²) in [6.07, 6.45) is 11.1. The Balaban J connectivity index is 1.82. The lowest BCUT2D eigenvalue weighted by Crippen LogP contribution is -2.35. The van der Waals surface area contributed by atoms with Crippen LogP contribution in [0.3, 0.4) is 0 Å². The SMILES string of the molecule is CC1=CN2C=CC=CC2N1Cc1ccccc1. The average Bonchev–Trinajstić information content (AvgIpc) is 2.68. The molecule has 0 aliphatic carbocycles. The van der Waals surface area contributed by atoms with Gasteiger partial charge in [0.2, 0.25) is 0 Å². The van der Waals surface area contributed by atoms with Crippen LogP contribution in [-0.4, -0.2) is 16.0 Å². The highest BCUT2D eigenvalue weighted by Gasteiger charge is 2.27. The van der Waals surface area contributed by atoms with Crippen LogP contribution in [-0.2, 0) is 6.54 Å². The molecule has 0 spiro atoms. The summed E-state index contributed by atoms with van der Waals surface area (Å²) in [5.41, 5.74) is 2.67. The summed E-state index contributed by atoms with van der Waals surface area (Å²) in [6, 6.07) is 10.6. The fourth-order valence-electron chi connectivity index (χ4n) is 2.38. The molecular weight excluding hydrogens is 208 g/mol. The molecule has 0 saturated carbocycles. The maximum absolute atomic E-state index is 2.41. The Hall–Kier alpha value is -1.96. The van der Waals surface area contributed by atoms with Crippen molar-refractivity contribution < 1.29 is 0 Å². The quantitative estimate of drug-likeness (QED) is 0.761. The Morgan fingerprint density at radius 1 is 1.12 bits per heavy atom. The molecule has 17 heavy (non-hydrogen) atoms. The molecule has 2 heterocycles. The van der Waals surface area contributed by atoms with Crippen LogP contribution < -0.4 is 0 Å². The Morgan fingerprint density at radius 2 is 1.94 bits per heavy atom. The van der Waals surface area contributed by atoms with Crippen LogP contribution in [0.25, 0.3) is 0 Å². The van der Waals surface area contributed by atoms with Crippen LogP contribution in [0.5, 0.6) is 0 Å². The summed E-state index contributed by atoms with van der Waals surface area (Å²) in [4.78, 5) is 4.66. The van der Waals surface area contributed by atoms with Crippen LogP contribution in [0.1, 0.15) is 12.5 Å². The third-order valence-corrected chi connectivity index (χ3v) is 3.26. The van der Waals surface area contributed by atoms with E-state index < -0.39 is 0 Å². The number of hydrogen-bond acceptors (Lipinski definition) is 2. The molecule has 3 rings (SSSR count). The number of rotatable bonds is 2. The molecule has 0 radical (unpaired) electrons. The summed E-state index contributed by atoms with van der Waals surface area (Å²) in [7, 11) is 0. The number of allylic oxidation sites excluding steroid dienone is 3. The second-order valence-corrected chi connectivity index (χ2v) is 4.47. The van der Waals surface area contributed by atoms with E-state index in [9.17, 15) is 0 Å². The molecule has 2 aliphatic rings. The second kappa shape index (κ2) is 4.13. The Labute approximate surface area is 102 Å². The van der Waals surface area contributed by atoms with Gasteiger partial charge in [-0.05, 0) is 24.6 Å². The summed E-state index contributed by atoms with van der Waals surface area (Å²) in [6.45, 7) is 3.13. The van der Waals surface area contributed by atoms with Gasteiger partial charge in [0.05, 0.1) is 0 Å². The van der Waals surface area contributed by atoms with E-state index in [1.54, 1.807) is 0 Å². The molecule has 1 unspecified atom stereocenters. The Kier molecular flexibility index (Phi) is 2.48. The van der Waals surface area contributed by atoms with Gasteiger partial charge in [0.25, 0.3) is 0 Å². The van der Waals surface area contributed by atoms with Gasteiger partial charge < -0.3 is 9.80 Å². The number of benzene rings is 1. The van der Waals surface area contributed by atoms with E-state index in [1.165, 1.54) is 11.3 Å². The molecule has 1 aromatic rings. The molecule has 0 fully saturated rings. The van der Waals surface area contributed by atoms with E-state index in [2.05, 4.69) is 77.7 Å². The molecule has 0 aromatic heterocycles. The Bertz CT molecular complexity index is 485. The Morgan fingerprint density at radius 3 is 2.76 bits per heavy atom. The molecule has 2 heteroatoms. The first-order chi connectivity index (χ1) is 8.34. The molecule has 2 aliphatic heterocycles. The van der Waals surface area contributed by atoms with Crippen LogP contribution in [0.4, 0.5) is 0 Å². The molecule has 86 valence electrons. The molecule has 0 bridgehead atoms. The first kappa shape index (κ1) is 10.2. The van der Waals surface area contributed by atoms with Crippen molar-refractivity contribution in [3.8, 4) is 0 Å². The van der Waals surface area contributed by atoms with Crippen LogP contribution in [0.15, 0.2) is 66.7 Å². The molecular formula is C15H16N2. The van der Waals surface area contributed by atoms with Gasteiger partial charge in [-0.2, -0.15) is 0 Å². The van der Waals surface area contributed by atoms with Gasteiger partial charge in [-0.1, -0.05) is 36.4 Å². The van der Waals surface area contributed by atoms with Gasteiger partial charge in [0, 0.05) is 24.6 Å². The summed E-state index contributed by atoms with van der Waals surface area (Å²) in [5, 5.41) is 0. The lowest BCUT2D eigenvalue weighted by molar-refractivity contribution is 0.218. The zero-order valence-corrected chi connectivity index (χ0v) is 9.95. The number of fused-ring (bicyclic) bond motifs is 1. The van der Waals surface area contributed by atoms with E-state index >= 15 is 0 Å². The van der Waals surface area contributed by atoms with E-state index in [-0.39, 0.29) is 0 Å². The predicted molar refractivity (Wildman–Crippen MR) is 69.6 cm³/mol. The van der Waals surface area contributed by atoms with Crippen molar-refractivity contribution >= 4 is 0 Å². The summed E-state index contributed by atoms with van der Waals surface area (Å²) >= 11 is 0. The molecule has 0 amide bonds. The third kappa shape index (κ3) is 1.86. The lowest BCUT2D eigenvalue weighted by Gasteiger charge is -2.31. The minimum atomic E-state index is 0.347. The van der Waals surface area contributed by atoms with Crippen LogP contribution in [0, 0.1) is 0 Å². The van der Waals surface area contributed by atoms with Gasteiger partial charge in [-0.25, -0.2) is 0 Å². The van der Waals surface area contributed by atoms with Crippen molar-refractivity contribution in [3.63, 3.8) is 0 Å². The van der Waals surface area contributed by atoms with E-state index in [4.69, 9.17) is 0 Å². The topological polar surface area (TPSA) is 6.48 Å².